The molecule has 0 aromatic rings. The average molecular weight is 319 g/mol. The minimum atomic E-state index is -0.413. The lowest BCUT2D eigenvalue weighted by molar-refractivity contribution is -0.137. The SMILES string of the molecule is C=C/C(=C\C(=C\C(C/C=C/C(=O)OCC)C(=C)N=O)CC)OC. The van der Waals surface area contributed by atoms with Gasteiger partial charge in [-0.15, -0.1) is 4.91 Å². The second-order valence-electron chi connectivity index (χ2n) is 4.63. The molecule has 0 N–H and O–H groups in total. The van der Waals surface area contributed by atoms with Gasteiger partial charge in [0.25, 0.3) is 0 Å². The number of nitrogens with zero attached hydrogens (tertiary/aromatic N) is 1. The van der Waals surface area contributed by atoms with Crippen molar-refractivity contribution >= 4 is 5.97 Å². The Bertz CT molecular complexity index is 515. The van der Waals surface area contributed by atoms with Crippen LogP contribution in [0.1, 0.15) is 26.7 Å². The summed E-state index contributed by atoms with van der Waals surface area (Å²) in [4.78, 5) is 22.1. The molecule has 126 valence electrons. The second-order valence-corrected chi connectivity index (χ2v) is 4.63. The standard InChI is InChI=1S/C18H25NO4/c1-6-15(13-17(7-2)22-5)12-16(14(4)19-21)10-9-11-18(20)23-8-3/h7,9,11-13,16H,2,4,6,8,10H2,1,3,5H3/b11-9+,15-12+,17-13+. The van der Waals surface area contributed by atoms with Crippen LogP contribution >= 0.6 is 0 Å². The lowest BCUT2D eigenvalue weighted by atomic mass is 9.97. The van der Waals surface area contributed by atoms with Crippen LogP contribution in [0.15, 0.2) is 65.7 Å². The monoisotopic (exact) mass is 319 g/mol. The van der Waals surface area contributed by atoms with Gasteiger partial charge < -0.3 is 9.47 Å². The summed E-state index contributed by atoms with van der Waals surface area (Å²) in [6.45, 7) is 11.4. The Morgan fingerprint density at radius 3 is 2.52 bits per heavy atom. The average Bonchev–Trinajstić information content (AvgIpc) is 2.56. The van der Waals surface area contributed by atoms with E-state index in [1.165, 1.54) is 6.08 Å². The summed E-state index contributed by atoms with van der Waals surface area (Å²) >= 11 is 0. The first-order chi connectivity index (χ1) is 11.0. The normalized spacial score (nSPS) is 13.5. The van der Waals surface area contributed by atoms with Crippen molar-refractivity contribution in [3.63, 3.8) is 0 Å². The van der Waals surface area contributed by atoms with Gasteiger partial charge >= 0.3 is 5.97 Å². The van der Waals surface area contributed by atoms with E-state index in [9.17, 15) is 9.70 Å². The fraction of sp³-hybridized carbons (Fsp3) is 0.389. The highest BCUT2D eigenvalue weighted by Crippen LogP contribution is 2.21. The van der Waals surface area contributed by atoms with Crippen molar-refractivity contribution in [1.29, 1.82) is 0 Å². The molecule has 0 saturated carbocycles. The van der Waals surface area contributed by atoms with E-state index in [1.54, 1.807) is 26.2 Å². The van der Waals surface area contributed by atoms with Crippen LogP contribution < -0.4 is 0 Å². The zero-order valence-electron chi connectivity index (χ0n) is 14.1. The molecule has 0 rings (SSSR count). The maximum absolute atomic E-state index is 11.3. The molecule has 0 spiro atoms. The Morgan fingerprint density at radius 1 is 1.35 bits per heavy atom. The molecule has 0 aliphatic heterocycles. The Morgan fingerprint density at radius 2 is 2.04 bits per heavy atom. The maximum Gasteiger partial charge on any atom is 0.330 e. The van der Waals surface area contributed by atoms with Crippen LogP contribution in [0, 0.1) is 10.8 Å². The first-order valence-electron chi connectivity index (χ1n) is 7.46. The molecular weight excluding hydrogens is 294 g/mol. The number of hydrogen-bond donors (Lipinski definition) is 0. The first-order valence-corrected chi connectivity index (χ1v) is 7.46. The van der Waals surface area contributed by atoms with E-state index in [-0.39, 0.29) is 11.6 Å². The molecule has 5 nitrogen and oxygen atoms in total. The van der Waals surface area contributed by atoms with Gasteiger partial charge in [-0.05, 0) is 42.7 Å². The van der Waals surface area contributed by atoms with Crippen molar-refractivity contribution < 1.29 is 14.3 Å². The molecule has 1 unspecified atom stereocenters. The van der Waals surface area contributed by atoms with E-state index in [4.69, 9.17) is 9.47 Å². The largest absolute Gasteiger partial charge is 0.497 e. The summed E-state index contributed by atoms with van der Waals surface area (Å²) in [7, 11) is 1.56. The molecule has 0 aliphatic carbocycles. The van der Waals surface area contributed by atoms with Crippen molar-refractivity contribution in [1.82, 2.24) is 0 Å². The molecule has 0 heterocycles. The predicted octanol–water partition coefficient (Wildman–Crippen LogP) is 4.44. The zero-order valence-corrected chi connectivity index (χ0v) is 14.1. The quantitative estimate of drug-likeness (QED) is 0.186. The molecule has 0 aliphatic rings. The summed E-state index contributed by atoms with van der Waals surface area (Å²) in [5, 5.41) is 2.92. The maximum atomic E-state index is 11.3. The smallest absolute Gasteiger partial charge is 0.330 e. The van der Waals surface area contributed by atoms with Gasteiger partial charge in [0.15, 0.2) is 0 Å². The van der Waals surface area contributed by atoms with E-state index in [0.29, 0.717) is 18.8 Å². The third-order valence-corrected chi connectivity index (χ3v) is 3.06. The predicted molar refractivity (Wildman–Crippen MR) is 92.5 cm³/mol. The Balaban J connectivity index is 5.22. The van der Waals surface area contributed by atoms with Gasteiger partial charge in [0.1, 0.15) is 5.76 Å². The highest BCUT2D eigenvalue weighted by atomic mass is 16.5. The van der Waals surface area contributed by atoms with Gasteiger partial charge in [-0.2, -0.15) is 0 Å². The van der Waals surface area contributed by atoms with E-state index < -0.39 is 5.97 Å². The molecule has 0 saturated heterocycles. The lowest BCUT2D eigenvalue weighted by Gasteiger charge is -2.10. The first kappa shape index (κ1) is 20.6. The molecule has 0 radical (unpaired) electrons. The highest BCUT2D eigenvalue weighted by molar-refractivity contribution is 5.81. The van der Waals surface area contributed by atoms with Crippen molar-refractivity contribution in [3.05, 3.63) is 65.5 Å². The molecular formula is C18H25NO4. The fourth-order valence-corrected chi connectivity index (χ4v) is 1.78. The van der Waals surface area contributed by atoms with E-state index >= 15 is 0 Å². The summed E-state index contributed by atoms with van der Waals surface area (Å²) < 4.78 is 9.97. The molecule has 0 fully saturated rings. The van der Waals surface area contributed by atoms with E-state index in [0.717, 1.165) is 12.0 Å². The van der Waals surface area contributed by atoms with Gasteiger partial charge in [0.2, 0.25) is 0 Å². The molecule has 23 heavy (non-hydrogen) atoms. The molecule has 1 atom stereocenters. The van der Waals surface area contributed by atoms with Gasteiger partial charge in [0, 0.05) is 12.0 Å². The van der Waals surface area contributed by atoms with Crippen molar-refractivity contribution in [3.8, 4) is 0 Å². The van der Waals surface area contributed by atoms with Crippen molar-refractivity contribution in [2.45, 2.75) is 26.7 Å². The van der Waals surface area contributed by atoms with Gasteiger partial charge in [-0.25, -0.2) is 4.79 Å². The fourth-order valence-electron chi connectivity index (χ4n) is 1.78. The Hall–Kier alpha value is -2.43. The van der Waals surface area contributed by atoms with Gasteiger partial charge in [0.05, 0.1) is 19.4 Å². The summed E-state index contributed by atoms with van der Waals surface area (Å²) in [5.74, 6) is -0.0836. The topological polar surface area (TPSA) is 65.0 Å². The summed E-state index contributed by atoms with van der Waals surface area (Å²) in [5.41, 5.74) is 1.16. The number of methoxy groups -OCH3 is 1. The van der Waals surface area contributed by atoms with Crippen LogP contribution in [0.5, 0.6) is 0 Å². The number of allylic oxidation sites excluding steroid dienone is 5. The van der Waals surface area contributed by atoms with E-state index in [1.807, 2.05) is 19.1 Å². The molecule has 0 aromatic heterocycles. The van der Waals surface area contributed by atoms with Gasteiger partial charge in [-0.1, -0.05) is 32.2 Å². The van der Waals surface area contributed by atoms with Crippen LogP contribution in [0.3, 0.4) is 0 Å². The van der Waals surface area contributed by atoms with Crippen LogP contribution in [-0.2, 0) is 14.3 Å². The minimum absolute atomic E-state index is 0.204. The highest BCUT2D eigenvalue weighted by Gasteiger charge is 2.10. The minimum Gasteiger partial charge on any atom is -0.497 e. The number of hydrogen-bond acceptors (Lipinski definition) is 5. The van der Waals surface area contributed by atoms with Crippen LogP contribution in [0.4, 0.5) is 0 Å². The van der Waals surface area contributed by atoms with Gasteiger partial charge in [-0.3, -0.25) is 0 Å². The molecule has 0 bridgehead atoms. The third kappa shape index (κ3) is 8.56. The van der Waals surface area contributed by atoms with Crippen LogP contribution in [0.2, 0.25) is 0 Å². The number of ether oxygens (including phenoxy) is 2. The number of carbonyl (C=O) groups is 1. The van der Waals surface area contributed by atoms with Crippen LogP contribution in [-0.4, -0.2) is 19.7 Å². The zero-order chi connectivity index (χ0) is 17.7. The number of esters is 1. The Kier molecular flexibility index (Phi) is 10.9. The number of nitroso groups, excluding NO2 is 1. The summed E-state index contributed by atoms with van der Waals surface area (Å²) in [6.07, 6.45) is 9.49. The molecule has 0 amide bonds. The van der Waals surface area contributed by atoms with Crippen molar-refractivity contribution in [2.75, 3.05) is 13.7 Å². The van der Waals surface area contributed by atoms with E-state index in [2.05, 4.69) is 18.3 Å². The van der Waals surface area contributed by atoms with Crippen molar-refractivity contribution in [2.24, 2.45) is 11.1 Å². The Labute approximate surface area is 138 Å². The van der Waals surface area contributed by atoms with Crippen LogP contribution in [0.25, 0.3) is 0 Å². The summed E-state index contributed by atoms with van der Waals surface area (Å²) in [6, 6.07) is 0. The lowest BCUT2D eigenvalue weighted by Crippen LogP contribution is -2.01. The number of rotatable bonds is 11. The number of carbonyl (C=O) groups excluding carboxylic acids is 1. The molecule has 5 heteroatoms. The molecule has 0 aromatic carbocycles. The third-order valence-electron chi connectivity index (χ3n) is 3.06. The second kappa shape index (κ2) is 12.1.